The molecule has 2 amide bonds. The summed E-state index contributed by atoms with van der Waals surface area (Å²) in [4.78, 5) is 28.4. The third-order valence-electron chi connectivity index (χ3n) is 3.95. The van der Waals surface area contributed by atoms with Gasteiger partial charge in [0.2, 0.25) is 5.91 Å². The van der Waals surface area contributed by atoms with E-state index in [0.29, 0.717) is 18.5 Å². The maximum Gasteiger partial charge on any atom is 0.251 e. The Kier molecular flexibility index (Phi) is 3.93. The average Bonchev–Trinajstić information content (AvgIpc) is 2.89. The number of carbonyl (C=O) groups excluding carboxylic acids is 2. The number of nitrogens with zero attached hydrogens (tertiary/aromatic N) is 1. The van der Waals surface area contributed by atoms with Gasteiger partial charge in [-0.15, -0.1) is 11.3 Å². The second kappa shape index (κ2) is 5.77. The monoisotopic (exact) mass is 329 g/mol. The molecule has 3 rings (SSSR count). The van der Waals surface area contributed by atoms with Crippen LogP contribution in [0.3, 0.4) is 0 Å². The number of amides is 2. The van der Waals surface area contributed by atoms with Crippen LogP contribution < -0.4 is 10.6 Å². The van der Waals surface area contributed by atoms with E-state index in [1.165, 1.54) is 11.3 Å². The summed E-state index contributed by atoms with van der Waals surface area (Å²) in [6.07, 6.45) is 0.420. The molecule has 0 bridgehead atoms. The van der Waals surface area contributed by atoms with E-state index in [1.807, 2.05) is 32.2 Å². The van der Waals surface area contributed by atoms with Gasteiger partial charge in [-0.05, 0) is 30.7 Å². The highest BCUT2D eigenvalue weighted by atomic mass is 32.1. The number of carbonyl (C=O) groups is 2. The molecule has 1 aliphatic heterocycles. The van der Waals surface area contributed by atoms with Gasteiger partial charge in [-0.3, -0.25) is 9.59 Å². The van der Waals surface area contributed by atoms with Gasteiger partial charge in [0.05, 0.1) is 6.54 Å². The third kappa shape index (κ3) is 3.27. The van der Waals surface area contributed by atoms with Gasteiger partial charge in [0.15, 0.2) is 0 Å². The van der Waals surface area contributed by atoms with Crippen molar-refractivity contribution >= 4 is 28.8 Å². The Bertz CT molecular complexity index is 780. The van der Waals surface area contributed by atoms with Gasteiger partial charge in [-0.25, -0.2) is 4.98 Å². The molecule has 2 N–H and O–H groups in total. The number of aromatic nitrogens is 1. The lowest BCUT2D eigenvalue weighted by Crippen LogP contribution is -2.33. The molecule has 120 valence electrons. The smallest absolute Gasteiger partial charge is 0.251 e. The Morgan fingerprint density at radius 1 is 1.43 bits per heavy atom. The first-order valence-electron chi connectivity index (χ1n) is 7.49. The molecule has 2 aromatic rings. The molecule has 1 aromatic heterocycles. The van der Waals surface area contributed by atoms with Gasteiger partial charge in [0.25, 0.3) is 5.91 Å². The molecule has 1 aliphatic rings. The standard InChI is InChI=1S/C17H19N3O2S/c1-10-9-23-15(19-10)8-18-16(22)11-4-5-13-12(6-11)17(2,3)7-14(21)20-13/h4-6,9H,7-8H2,1-3H3,(H,18,22)(H,20,21). The number of thiazole rings is 1. The van der Waals surface area contributed by atoms with Crippen molar-refractivity contribution in [3.63, 3.8) is 0 Å². The van der Waals surface area contributed by atoms with Crippen molar-refractivity contribution in [1.82, 2.24) is 10.3 Å². The summed E-state index contributed by atoms with van der Waals surface area (Å²) < 4.78 is 0. The van der Waals surface area contributed by atoms with Crippen molar-refractivity contribution in [3.05, 3.63) is 45.4 Å². The van der Waals surface area contributed by atoms with E-state index in [-0.39, 0.29) is 17.2 Å². The molecule has 6 heteroatoms. The maximum atomic E-state index is 12.4. The number of nitrogens with one attached hydrogen (secondary N) is 2. The van der Waals surface area contributed by atoms with Gasteiger partial charge in [0, 0.05) is 34.2 Å². The zero-order valence-corrected chi connectivity index (χ0v) is 14.2. The van der Waals surface area contributed by atoms with Gasteiger partial charge in [-0.2, -0.15) is 0 Å². The van der Waals surface area contributed by atoms with Crippen molar-refractivity contribution in [2.75, 3.05) is 5.32 Å². The SMILES string of the molecule is Cc1csc(CNC(=O)c2ccc3c(c2)C(C)(C)CC(=O)N3)n1. The number of anilines is 1. The van der Waals surface area contributed by atoms with E-state index >= 15 is 0 Å². The van der Waals surface area contributed by atoms with Crippen LogP contribution in [0, 0.1) is 6.92 Å². The fourth-order valence-electron chi connectivity index (χ4n) is 2.79. The Balaban J connectivity index is 1.78. The van der Waals surface area contributed by atoms with Crippen LogP contribution in [0.15, 0.2) is 23.6 Å². The fraction of sp³-hybridized carbons (Fsp3) is 0.353. The summed E-state index contributed by atoms with van der Waals surface area (Å²) in [5.41, 5.74) is 3.07. The van der Waals surface area contributed by atoms with Gasteiger partial charge >= 0.3 is 0 Å². The number of benzene rings is 1. The number of fused-ring (bicyclic) bond motifs is 1. The van der Waals surface area contributed by atoms with Crippen LogP contribution in [-0.4, -0.2) is 16.8 Å². The molecule has 0 fully saturated rings. The highest BCUT2D eigenvalue weighted by molar-refractivity contribution is 7.09. The minimum atomic E-state index is -0.277. The molecule has 1 aromatic carbocycles. The van der Waals surface area contributed by atoms with Gasteiger partial charge in [0.1, 0.15) is 5.01 Å². The zero-order chi connectivity index (χ0) is 16.6. The molecule has 0 unspecified atom stereocenters. The Morgan fingerprint density at radius 2 is 2.22 bits per heavy atom. The molecular weight excluding hydrogens is 310 g/mol. The van der Waals surface area contributed by atoms with Crippen molar-refractivity contribution in [2.45, 2.75) is 39.2 Å². The van der Waals surface area contributed by atoms with Crippen molar-refractivity contribution in [2.24, 2.45) is 0 Å². The van der Waals surface area contributed by atoms with E-state index < -0.39 is 0 Å². The van der Waals surface area contributed by atoms with Crippen molar-refractivity contribution < 1.29 is 9.59 Å². The van der Waals surface area contributed by atoms with Crippen LogP contribution in [0.4, 0.5) is 5.69 Å². The van der Waals surface area contributed by atoms with Crippen LogP contribution in [-0.2, 0) is 16.8 Å². The first-order valence-corrected chi connectivity index (χ1v) is 8.37. The summed E-state index contributed by atoms with van der Waals surface area (Å²) in [5.74, 6) is -0.118. The van der Waals surface area contributed by atoms with E-state index in [1.54, 1.807) is 12.1 Å². The van der Waals surface area contributed by atoms with Crippen LogP contribution in [0.1, 0.15) is 46.9 Å². The minimum absolute atomic E-state index is 0.0128. The third-order valence-corrected chi connectivity index (χ3v) is 4.92. The van der Waals surface area contributed by atoms with Crippen LogP contribution >= 0.6 is 11.3 Å². The van der Waals surface area contributed by atoms with Crippen molar-refractivity contribution in [3.8, 4) is 0 Å². The first kappa shape index (κ1) is 15.7. The lowest BCUT2D eigenvalue weighted by Gasteiger charge is -2.32. The van der Waals surface area contributed by atoms with E-state index in [9.17, 15) is 9.59 Å². The predicted octanol–water partition coefficient (Wildman–Crippen LogP) is 3.00. The lowest BCUT2D eigenvalue weighted by atomic mass is 9.77. The molecule has 0 saturated heterocycles. The minimum Gasteiger partial charge on any atom is -0.346 e. The normalized spacial score (nSPS) is 15.7. The zero-order valence-electron chi connectivity index (χ0n) is 13.4. The molecule has 0 saturated carbocycles. The summed E-state index contributed by atoms with van der Waals surface area (Å²) >= 11 is 1.54. The number of hydrogen-bond donors (Lipinski definition) is 2. The van der Waals surface area contributed by atoms with Crippen LogP contribution in [0.2, 0.25) is 0 Å². The molecule has 0 radical (unpaired) electrons. The topological polar surface area (TPSA) is 71.1 Å². The molecule has 23 heavy (non-hydrogen) atoms. The Hall–Kier alpha value is -2.21. The second-order valence-electron chi connectivity index (χ2n) is 6.43. The number of hydrogen-bond acceptors (Lipinski definition) is 4. The average molecular weight is 329 g/mol. The largest absolute Gasteiger partial charge is 0.346 e. The first-order chi connectivity index (χ1) is 10.8. The van der Waals surface area contributed by atoms with E-state index in [0.717, 1.165) is 22.0 Å². The summed E-state index contributed by atoms with van der Waals surface area (Å²) in [6.45, 7) is 6.39. The summed E-state index contributed by atoms with van der Waals surface area (Å²) in [5, 5.41) is 8.61. The molecule has 0 atom stereocenters. The van der Waals surface area contributed by atoms with Gasteiger partial charge in [-0.1, -0.05) is 13.8 Å². The molecule has 2 heterocycles. The predicted molar refractivity (Wildman–Crippen MR) is 90.7 cm³/mol. The van der Waals surface area contributed by atoms with Gasteiger partial charge < -0.3 is 10.6 Å². The van der Waals surface area contributed by atoms with Crippen LogP contribution in [0.5, 0.6) is 0 Å². The molecular formula is C17H19N3O2S. The Labute approximate surface area is 139 Å². The summed E-state index contributed by atoms with van der Waals surface area (Å²) in [6, 6.07) is 5.41. The summed E-state index contributed by atoms with van der Waals surface area (Å²) in [7, 11) is 0. The fourth-order valence-corrected chi connectivity index (χ4v) is 3.50. The highest BCUT2D eigenvalue weighted by Gasteiger charge is 2.32. The molecule has 0 aliphatic carbocycles. The van der Waals surface area contributed by atoms with Crippen LogP contribution in [0.25, 0.3) is 0 Å². The molecule has 5 nitrogen and oxygen atoms in total. The van der Waals surface area contributed by atoms with E-state index in [2.05, 4.69) is 15.6 Å². The Morgan fingerprint density at radius 3 is 2.91 bits per heavy atom. The number of aryl methyl sites for hydroxylation is 1. The van der Waals surface area contributed by atoms with E-state index in [4.69, 9.17) is 0 Å². The molecule has 0 spiro atoms. The lowest BCUT2D eigenvalue weighted by molar-refractivity contribution is -0.117. The van der Waals surface area contributed by atoms with Crippen molar-refractivity contribution in [1.29, 1.82) is 0 Å². The quantitative estimate of drug-likeness (QED) is 0.909. The second-order valence-corrected chi connectivity index (χ2v) is 7.38. The number of rotatable bonds is 3. The highest BCUT2D eigenvalue weighted by Crippen LogP contribution is 2.37. The maximum absolute atomic E-state index is 12.4.